The fourth-order valence-corrected chi connectivity index (χ4v) is 2.73. The summed E-state index contributed by atoms with van der Waals surface area (Å²) in [4.78, 5) is 56.4. The Morgan fingerprint density at radius 3 is 2.45 bits per heavy atom. The van der Waals surface area contributed by atoms with Gasteiger partial charge < -0.3 is 14.5 Å². The Kier molecular flexibility index (Phi) is 6.70. The minimum absolute atomic E-state index is 0.0139. The molecule has 0 aliphatic carbocycles. The molecule has 0 unspecified atom stereocenters. The zero-order valence-electron chi connectivity index (χ0n) is 17.0. The van der Waals surface area contributed by atoms with Crippen molar-refractivity contribution in [1.29, 1.82) is 0 Å². The molecule has 3 aromatic rings. The van der Waals surface area contributed by atoms with E-state index in [1.54, 1.807) is 24.3 Å². The highest BCUT2D eigenvalue weighted by Crippen LogP contribution is 2.26. The molecule has 0 saturated carbocycles. The van der Waals surface area contributed by atoms with E-state index in [9.17, 15) is 19.2 Å². The van der Waals surface area contributed by atoms with Gasteiger partial charge in [-0.1, -0.05) is 12.1 Å². The Bertz CT molecular complexity index is 1210. The lowest BCUT2D eigenvalue weighted by Crippen LogP contribution is -2.43. The number of fused-ring (bicyclic) bond motifs is 1. The molecule has 0 saturated heterocycles. The predicted octanol–water partition coefficient (Wildman–Crippen LogP) is -0.492. The molecule has 31 heavy (non-hydrogen) atoms. The van der Waals surface area contributed by atoms with Gasteiger partial charge in [0.1, 0.15) is 11.3 Å². The molecule has 3 rings (SSSR count). The van der Waals surface area contributed by atoms with E-state index < -0.39 is 23.1 Å². The van der Waals surface area contributed by atoms with Crippen molar-refractivity contribution in [3.05, 3.63) is 50.9 Å². The van der Waals surface area contributed by atoms with Gasteiger partial charge in [-0.15, -0.1) is 0 Å². The van der Waals surface area contributed by atoms with Crippen LogP contribution >= 0.6 is 0 Å². The average Bonchev–Trinajstić information content (AvgIpc) is 3.19. The number of amides is 2. The van der Waals surface area contributed by atoms with Crippen LogP contribution in [0.15, 0.2) is 33.9 Å². The summed E-state index contributed by atoms with van der Waals surface area (Å²) in [6.45, 7) is 1.98. The number of aromatic amines is 2. The van der Waals surface area contributed by atoms with Gasteiger partial charge in [-0.3, -0.25) is 34.8 Å². The molecule has 0 radical (unpaired) electrons. The van der Waals surface area contributed by atoms with Crippen LogP contribution in [0.1, 0.15) is 19.2 Å². The third-order valence-electron chi connectivity index (χ3n) is 4.24. The molecule has 2 heterocycles. The molecule has 0 bridgehead atoms. The zero-order chi connectivity index (χ0) is 22.4. The Morgan fingerprint density at radius 1 is 1.06 bits per heavy atom. The number of rotatable bonds is 8. The van der Waals surface area contributed by atoms with E-state index in [0.717, 1.165) is 0 Å². The van der Waals surface area contributed by atoms with Crippen LogP contribution in [-0.4, -0.2) is 44.5 Å². The summed E-state index contributed by atoms with van der Waals surface area (Å²) < 4.78 is 12.0. The van der Waals surface area contributed by atoms with Gasteiger partial charge in [-0.05, 0) is 19.1 Å². The zero-order valence-corrected chi connectivity index (χ0v) is 17.0. The van der Waals surface area contributed by atoms with E-state index >= 15 is 0 Å². The van der Waals surface area contributed by atoms with Gasteiger partial charge >= 0.3 is 5.69 Å². The first kappa shape index (κ1) is 21.6. The molecule has 0 aliphatic rings. The number of H-pyrrole nitrogens is 2. The second-order valence-corrected chi connectivity index (χ2v) is 6.47. The van der Waals surface area contributed by atoms with Crippen molar-refractivity contribution in [2.75, 3.05) is 13.2 Å². The lowest BCUT2D eigenvalue weighted by atomic mass is 10.3. The molecule has 12 heteroatoms. The molecule has 164 valence electrons. The summed E-state index contributed by atoms with van der Waals surface area (Å²) in [7, 11) is 1.47. The van der Waals surface area contributed by atoms with Crippen LogP contribution in [0.3, 0.4) is 0 Å². The molecule has 0 fully saturated rings. The van der Waals surface area contributed by atoms with Crippen LogP contribution in [0.5, 0.6) is 11.5 Å². The first-order chi connectivity index (χ1) is 14.9. The van der Waals surface area contributed by atoms with Gasteiger partial charge in [0.2, 0.25) is 5.91 Å². The molecule has 12 nitrogen and oxygen atoms in total. The van der Waals surface area contributed by atoms with Gasteiger partial charge in [0.25, 0.3) is 11.5 Å². The lowest BCUT2D eigenvalue weighted by Gasteiger charge is -2.12. The van der Waals surface area contributed by atoms with E-state index in [1.807, 2.05) is 6.92 Å². The summed E-state index contributed by atoms with van der Waals surface area (Å²) in [5, 5.41) is 0. The quantitative estimate of drug-likeness (QED) is 0.351. The number of aromatic nitrogens is 4. The van der Waals surface area contributed by atoms with Gasteiger partial charge in [-0.2, -0.15) is 0 Å². The van der Waals surface area contributed by atoms with Crippen molar-refractivity contribution in [3.8, 4) is 11.5 Å². The molecule has 1 aromatic carbocycles. The van der Waals surface area contributed by atoms with Gasteiger partial charge in [0, 0.05) is 19.9 Å². The maximum atomic E-state index is 12.0. The number of ether oxygens (including phenoxy) is 2. The van der Waals surface area contributed by atoms with Crippen LogP contribution in [-0.2, 0) is 23.1 Å². The largest absolute Gasteiger partial charge is 0.490 e. The second kappa shape index (κ2) is 9.61. The summed E-state index contributed by atoms with van der Waals surface area (Å²) in [5.41, 5.74) is 3.72. The molecule has 2 amide bonds. The van der Waals surface area contributed by atoms with Gasteiger partial charge in [0.05, 0.1) is 6.61 Å². The monoisotopic (exact) mass is 430 g/mol. The first-order valence-corrected chi connectivity index (χ1v) is 9.49. The fraction of sp³-hybridized carbons (Fsp3) is 0.316. The Labute approximate surface area is 175 Å². The van der Waals surface area contributed by atoms with Gasteiger partial charge in [-0.25, -0.2) is 9.78 Å². The summed E-state index contributed by atoms with van der Waals surface area (Å²) in [6.07, 6.45) is 0.155. The van der Waals surface area contributed by atoms with Crippen molar-refractivity contribution < 1.29 is 19.1 Å². The third-order valence-corrected chi connectivity index (χ3v) is 4.24. The number of carbonyl (C=O) groups is 2. The molecular weight excluding hydrogens is 408 g/mol. The Balaban J connectivity index is 1.47. The van der Waals surface area contributed by atoms with Crippen LogP contribution in [0.25, 0.3) is 11.2 Å². The maximum absolute atomic E-state index is 12.0. The second-order valence-electron chi connectivity index (χ2n) is 6.47. The number of aryl methyl sites for hydroxylation is 2. The smallest absolute Gasteiger partial charge is 0.329 e. The van der Waals surface area contributed by atoms with Gasteiger partial charge in [0.15, 0.2) is 23.8 Å². The highest BCUT2D eigenvalue weighted by molar-refractivity contribution is 5.82. The Hall–Kier alpha value is -4.09. The van der Waals surface area contributed by atoms with Crippen molar-refractivity contribution in [1.82, 2.24) is 30.4 Å². The van der Waals surface area contributed by atoms with Crippen LogP contribution in [0.4, 0.5) is 0 Å². The minimum atomic E-state index is -0.584. The van der Waals surface area contributed by atoms with Crippen molar-refractivity contribution >= 4 is 23.0 Å². The molecule has 4 N–H and O–H groups in total. The number of benzene rings is 1. The third kappa shape index (κ3) is 5.29. The fourth-order valence-electron chi connectivity index (χ4n) is 2.73. The number of nitrogens with one attached hydrogen (secondary N) is 4. The lowest BCUT2D eigenvalue weighted by molar-refractivity contribution is -0.130. The minimum Gasteiger partial charge on any atom is -0.490 e. The SMILES string of the molecule is CCOc1ccccc1OCC(=O)NNC(=O)CCc1nc2c([nH]1)c(=O)[nH]c(=O)n2C. The number of hydrazine groups is 1. The van der Waals surface area contributed by atoms with Crippen molar-refractivity contribution in [3.63, 3.8) is 0 Å². The normalized spacial score (nSPS) is 10.6. The summed E-state index contributed by atoms with van der Waals surface area (Å²) >= 11 is 0. The number of carbonyl (C=O) groups excluding carboxylic acids is 2. The van der Waals surface area contributed by atoms with Crippen LogP contribution in [0, 0.1) is 0 Å². The number of para-hydroxylation sites is 2. The van der Waals surface area contributed by atoms with E-state index in [1.165, 1.54) is 11.6 Å². The molecule has 0 aliphatic heterocycles. The number of hydrogen-bond donors (Lipinski definition) is 4. The molecule has 0 atom stereocenters. The standard InChI is InChI=1S/C19H22N6O6/c1-3-30-11-6-4-5-7-12(11)31-10-15(27)24-23-14(26)9-8-13-20-16-17(21-13)25(2)19(29)22-18(16)28/h4-7H,3,8-10H2,1-2H3,(H,20,21)(H,23,26)(H,24,27)(H,22,28,29). The molecule has 2 aromatic heterocycles. The number of imidazole rings is 1. The first-order valence-electron chi connectivity index (χ1n) is 9.49. The molecular formula is C19H22N6O6. The number of nitrogens with zero attached hydrogens (tertiary/aromatic N) is 2. The van der Waals surface area contributed by atoms with Crippen molar-refractivity contribution in [2.45, 2.75) is 19.8 Å². The van der Waals surface area contributed by atoms with E-state index in [0.29, 0.717) is 23.9 Å². The van der Waals surface area contributed by atoms with E-state index in [-0.39, 0.29) is 30.6 Å². The van der Waals surface area contributed by atoms with Crippen molar-refractivity contribution in [2.24, 2.45) is 7.05 Å². The predicted molar refractivity (Wildman–Crippen MR) is 110 cm³/mol. The van der Waals surface area contributed by atoms with E-state index in [2.05, 4.69) is 25.8 Å². The topological polar surface area (TPSA) is 160 Å². The maximum Gasteiger partial charge on any atom is 0.329 e. The summed E-state index contributed by atoms with van der Waals surface area (Å²) in [6, 6.07) is 6.94. The van der Waals surface area contributed by atoms with E-state index in [4.69, 9.17) is 9.47 Å². The van der Waals surface area contributed by atoms with Crippen LogP contribution < -0.4 is 31.6 Å². The highest BCUT2D eigenvalue weighted by Gasteiger charge is 2.13. The molecule has 0 spiro atoms. The summed E-state index contributed by atoms with van der Waals surface area (Å²) in [5.74, 6) is 0.277. The highest BCUT2D eigenvalue weighted by atomic mass is 16.5. The number of hydrogen-bond acceptors (Lipinski definition) is 7. The Morgan fingerprint density at radius 2 is 1.74 bits per heavy atom. The average molecular weight is 430 g/mol. The van der Waals surface area contributed by atoms with Crippen LogP contribution in [0.2, 0.25) is 0 Å².